The van der Waals surface area contributed by atoms with Crippen LogP contribution in [0.15, 0.2) is 17.6 Å². The first kappa shape index (κ1) is 13.9. The standard InChI is InChI=1S/C13H19N3O2S/c1-5-14-12(11-6-9(17-3)8-19-11)13-10(18-4)7-15-16(13)2/h6-8,12,14H,5H2,1-4H3. The summed E-state index contributed by atoms with van der Waals surface area (Å²) in [5.74, 6) is 1.67. The van der Waals surface area contributed by atoms with Crippen LogP contribution in [0.4, 0.5) is 0 Å². The van der Waals surface area contributed by atoms with Gasteiger partial charge >= 0.3 is 0 Å². The summed E-state index contributed by atoms with van der Waals surface area (Å²) in [4.78, 5) is 1.18. The van der Waals surface area contributed by atoms with Crippen LogP contribution in [0.5, 0.6) is 11.5 Å². The van der Waals surface area contributed by atoms with Crippen molar-refractivity contribution < 1.29 is 9.47 Å². The molecule has 0 radical (unpaired) electrons. The first-order valence-electron chi connectivity index (χ1n) is 6.12. The molecule has 5 nitrogen and oxygen atoms in total. The molecule has 0 amide bonds. The van der Waals surface area contributed by atoms with Crippen LogP contribution in [0.1, 0.15) is 23.5 Å². The van der Waals surface area contributed by atoms with Gasteiger partial charge in [0.05, 0.1) is 26.5 Å². The zero-order chi connectivity index (χ0) is 13.8. The molecule has 2 aromatic rings. The Morgan fingerprint density at radius 2 is 2.21 bits per heavy atom. The van der Waals surface area contributed by atoms with Crippen molar-refractivity contribution in [3.05, 3.63) is 28.2 Å². The molecule has 1 atom stereocenters. The van der Waals surface area contributed by atoms with Crippen molar-refractivity contribution in [3.8, 4) is 11.5 Å². The fraction of sp³-hybridized carbons (Fsp3) is 0.462. The first-order chi connectivity index (χ1) is 9.21. The van der Waals surface area contributed by atoms with E-state index in [1.54, 1.807) is 31.8 Å². The van der Waals surface area contributed by atoms with Gasteiger partial charge in [0.2, 0.25) is 0 Å². The predicted octanol–water partition coefficient (Wildman–Crippen LogP) is 2.20. The van der Waals surface area contributed by atoms with Crippen molar-refractivity contribution in [3.63, 3.8) is 0 Å². The molecule has 0 saturated heterocycles. The van der Waals surface area contributed by atoms with Crippen LogP contribution in [0.3, 0.4) is 0 Å². The Morgan fingerprint density at radius 1 is 1.42 bits per heavy atom. The number of thiophene rings is 1. The zero-order valence-electron chi connectivity index (χ0n) is 11.6. The molecule has 0 aliphatic rings. The molecule has 0 spiro atoms. The third kappa shape index (κ3) is 2.74. The Kier molecular flexibility index (Phi) is 4.44. The molecule has 0 aliphatic carbocycles. The summed E-state index contributed by atoms with van der Waals surface area (Å²) in [5, 5.41) is 9.74. The highest BCUT2D eigenvalue weighted by Gasteiger charge is 2.23. The van der Waals surface area contributed by atoms with E-state index < -0.39 is 0 Å². The number of hydrogen-bond donors (Lipinski definition) is 1. The number of aromatic nitrogens is 2. The number of ether oxygens (including phenoxy) is 2. The van der Waals surface area contributed by atoms with Gasteiger partial charge in [0, 0.05) is 17.3 Å². The van der Waals surface area contributed by atoms with Crippen molar-refractivity contribution in [1.82, 2.24) is 15.1 Å². The molecule has 2 heterocycles. The van der Waals surface area contributed by atoms with Crippen molar-refractivity contribution in [2.75, 3.05) is 20.8 Å². The van der Waals surface area contributed by atoms with Gasteiger partial charge < -0.3 is 14.8 Å². The van der Waals surface area contributed by atoms with Crippen LogP contribution >= 0.6 is 11.3 Å². The molecule has 1 unspecified atom stereocenters. The van der Waals surface area contributed by atoms with Gasteiger partial charge in [0.15, 0.2) is 5.75 Å². The molecule has 2 aromatic heterocycles. The molecule has 0 aromatic carbocycles. The summed E-state index contributed by atoms with van der Waals surface area (Å²) in [5.41, 5.74) is 1.02. The first-order valence-corrected chi connectivity index (χ1v) is 7.00. The van der Waals surface area contributed by atoms with Crippen molar-refractivity contribution in [1.29, 1.82) is 0 Å². The molecule has 2 rings (SSSR count). The van der Waals surface area contributed by atoms with E-state index in [2.05, 4.69) is 17.3 Å². The molecular formula is C13H19N3O2S. The van der Waals surface area contributed by atoms with E-state index >= 15 is 0 Å². The van der Waals surface area contributed by atoms with Crippen LogP contribution in [-0.4, -0.2) is 30.5 Å². The Hall–Kier alpha value is -1.53. The fourth-order valence-corrected chi connectivity index (χ4v) is 2.97. The molecule has 6 heteroatoms. The third-order valence-electron chi connectivity index (χ3n) is 2.97. The lowest BCUT2D eigenvalue weighted by atomic mass is 10.1. The number of aryl methyl sites for hydroxylation is 1. The van der Waals surface area contributed by atoms with Crippen molar-refractivity contribution in [2.24, 2.45) is 7.05 Å². The van der Waals surface area contributed by atoms with Crippen molar-refractivity contribution in [2.45, 2.75) is 13.0 Å². The van der Waals surface area contributed by atoms with Crippen LogP contribution in [0.2, 0.25) is 0 Å². The number of nitrogens with one attached hydrogen (secondary N) is 1. The minimum Gasteiger partial charge on any atom is -0.496 e. The highest BCUT2D eigenvalue weighted by molar-refractivity contribution is 7.10. The Bertz CT molecular complexity index is 536. The van der Waals surface area contributed by atoms with E-state index in [1.165, 1.54) is 4.88 Å². The van der Waals surface area contributed by atoms with Gasteiger partial charge in [-0.2, -0.15) is 5.10 Å². The van der Waals surface area contributed by atoms with Gasteiger partial charge in [-0.25, -0.2) is 0 Å². The SMILES string of the molecule is CCNC(c1cc(OC)cs1)c1c(OC)cnn1C. The van der Waals surface area contributed by atoms with Gasteiger partial charge in [0.25, 0.3) is 0 Å². The minimum atomic E-state index is 0.0568. The summed E-state index contributed by atoms with van der Waals surface area (Å²) in [6, 6.07) is 2.10. The number of rotatable bonds is 6. The summed E-state index contributed by atoms with van der Waals surface area (Å²) < 4.78 is 12.5. The predicted molar refractivity (Wildman–Crippen MR) is 76.2 cm³/mol. The van der Waals surface area contributed by atoms with Gasteiger partial charge in [-0.1, -0.05) is 6.92 Å². The van der Waals surface area contributed by atoms with Gasteiger partial charge in [-0.15, -0.1) is 11.3 Å². The lowest BCUT2D eigenvalue weighted by Gasteiger charge is -2.18. The second-order valence-electron chi connectivity index (χ2n) is 4.10. The molecule has 1 N–H and O–H groups in total. The van der Waals surface area contributed by atoms with Gasteiger partial charge in [0.1, 0.15) is 11.4 Å². The summed E-state index contributed by atoms with van der Waals surface area (Å²) in [6.45, 7) is 2.94. The smallest absolute Gasteiger partial charge is 0.161 e. The van der Waals surface area contributed by atoms with E-state index in [0.717, 1.165) is 23.7 Å². The summed E-state index contributed by atoms with van der Waals surface area (Å²) >= 11 is 1.66. The zero-order valence-corrected chi connectivity index (χ0v) is 12.5. The molecule has 104 valence electrons. The topological polar surface area (TPSA) is 48.3 Å². The second-order valence-corrected chi connectivity index (χ2v) is 5.04. The normalized spacial score (nSPS) is 12.4. The van der Waals surface area contributed by atoms with Gasteiger partial charge in [-0.3, -0.25) is 4.68 Å². The Labute approximate surface area is 117 Å². The average molecular weight is 281 g/mol. The van der Waals surface area contributed by atoms with E-state index in [-0.39, 0.29) is 6.04 Å². The highest BCUT2D eigenvalue weighted by atomic mass is 32.1. The second kappa shape index (κ2) is 6.08. The number of methoxy groups -OCH3 is 2. The third-order valence-corrected chi connectivity index (χ3v) is 3.94. The van der Waals surface area contributed by atoms with Crippen molar-refractivity contribution >= 4 is 11.3 Å². The van der Waals surface area contributed by atoms with E-state index in [4.69, 9.17) is 9.47 Å². The Balaban J connectivity index is 2.41. The highest BCUT2D eigenvalue weighted by Crippen LogP contribution is 2.34. The molecule has 0 saturated carbocycles. The van der Waals surface area contributed by atoms with E-state index in [1.807, 2.05) is 23.2 Å². The lowest BCUT2D eigenvalue weighted by molar-refractivity contribution is 0.401. The minimum absolute atomic E-state index is 0.0568. The molecular weight excluding hydrogens is 262 g/mol. The molecule has 0 bridgehead atoms. The molecule has 19 heavy (non-hydrogen) atoms. The monoisotopic (exact) mass is 281 g/mol. The molecule has 0 aliphatic heterocycles. The van der Waals surface area contributed by atoms with Crippen LogP contribution in [-0.2, 0) is 7.05 Å². The largest absolute Gasteiger partial charge is 0.496 e. The van der Waals surface area contributed by atoms with E-state index in [9.17, 15) is 0 Å². The number of hydrogen-bond acceptors (Lipinski definition) is 5. The van der Waals surface area contributed by atoms with Crippen LogP contribution < -0.4 is 14.8 Å². The maximum Gasteiger partial charge on any atom is 0.161 e. The van der Waals surface area contributed by atoms with Gasteiger partial charge in [-0.05, 0) is 12.6 Å². The van der Waals surface area contributed by atoms with Crippen LogP contribution in [0, 0.1) is 0 Å². The van der Waals surface area contributed by atoms with Crippen LogP contribution in [0.25, 0.3) is 0 Å². The maximum absolute atomic E-state index is 5.40. The summed E-state index contributed by atoms with van der Waals surface area (Å²) in [6.07, 6.45) is 1.74. The average Bonchev–Trinajstić information content (AvgIpc) is 3.02. The molecule has 0 fully saturated rings. The maximum atomic E-state index is 5.40. The quantitative estimate of drug-likeness (QED) is 0.882. The number of nitrogens with zero attached hydrogens (tertiary/aromatic N) is 2. The summed E-state index contributed by atoms with van der Waals surface area (Å²) in [7, 11) is 5.27. The lowest BCUT2D eigenvalue weighted by Crippen LogP contribution is -2.24. The Morgan fingerprint density at radius 3 is 2.79 bits per heavy atom. The van der Waals surface area contributed by atoms with E-state index in [0.29, 0.717) is 0 Å². The fourth-order valence-electron chi connectivity index (χ4n) is 2.04.